The second-order valence-corrected chi connectivity index (χ2v) is 5.67. The van der Waals surface area contributed by atoms with E-state index < -0.39 is 19.0 Å². The first-order chi connectivity index (χ1) is 11.0. The second-order valence-electron chi connectivity index (χ2n) is 5.27. The van der Waals surface area contributed by atoms with Gasteiger partial charge in [0.2, 0.25) is 5.91 Å². The minimum atomic E-state index is -1.25. The molecule has 1 heterocycles. The molecule has 0 unspecified atom stereocenters. The van der Waals surface area contributed by atoms with Gasteiger partial charge in [-0.3, -0.25) is 4.79 Å². The Kier molecular flexibility index (Phi) is 5.90. The van der Waals surface area contributed by atoms with Gasteiger partial charge in [0, 0.05) is 6.42 Å². The predicted octanol–water partition coefficient (Wildman–Crippen LogP) is 1.76. The summed E-state index contributed by atoms with van der Waals surface area (Å²) in [5.41, 5.74) is 0.785. The van der Waals surface area contributed by atoms with Crippen molar-refractivity contribution < 1.29 is 24.0 Å². The van der Waals surface area contributed by atoms with Crippen LogP contribution >= 0.6 is 11.6 Å². The smallest absolute Gasteiger partial charge is 0.534 e. The van der Waals surface area contributed by atoms with Crippen LogP contribution in [0.4, 0.5) is 0 Å². The molecule has 1 amide bonds. The summed E-state index contributed by atoms with van der Waals surface area (Å²) in [6.07, 6.45) is 1.44. The van der Waals surface area contributed by atoms with Crippen LogP contribution in [-0.4, -0.2) is 36.6 Å². The quantitative estimate of drug-likeness (QED) is 0.631. The maximum absolute atomic E-state index is 12.1. The first-order valence-electron chi connectivity index (χ1n) is 7.60. The topological polar surface area (TPSA) is 84.9 Å². The number of hydrogen-bond donors (Lipinski definition) is 2. The second kappa shape index (κ2) is 7.70. The third-order valence-corrected chi connectivity index (χ3v) is 3.83. The minimum Gasteiger partial charge on any atom is -0.534 e. The minimum absolute atomic E-state index is 0.100. The van der Waals surface area contributed by atoms with Crippen LogP contribution in [0.3, 0.4) is 0 Å². The normalized spacial score (nSPS) is 16.3. The number of hydrogen-bond acceptors (Lipinski definition) is 5. The van der Waals surface area contributed by atoms with E-state index in [9.17, 15) is 14.6 Å². The van der Waals surface area contributed by atoms with Crippen LogP contribution < -0.4 is 9.97 Å². The number of carbonyl (C=O) groups excluding carboxylic acids is 2. The van der Waals surface area contributed by atoms with Crippen molar-refractivity contribution in [3.63, 3.8) is 0 Å². The Labute approximate surface area is 140 Å². The van der Waals surface area contributed by atoms with Gasteiger partial charge in [-0.15, -0.1) is 0 Å². The fraction of sp³-hybridized carbons (Fsp3) is 0.467. The molecule has 0 aromatic heterocycles. The average molecular weight is 340 g/mol. The van der Waals surface area contributed by atoms with Gasteiger partial charge in [-0.25, -0.2) is 4.79 Å². The monoisotopic (exact) mass is 339 g/mol. The van der Waals surface area contributed by atoms with Crippen molar-refractivity contribution in [2.45, 2.75) is 39.1 Å². The lowest BCUT2D eigenvalue weighted by atomic mass is 9.72. The number of amides is 1. The summed E-state index contributed by atoms with van der Waals surface area (Å²) in [5.74, 6) is -1.11. The van der Waals surface area contributed by atoms with Crippen LogP contribution in [0.1, 0.15) is 42.6 Å². The average Bonchev–Trinajstić information content (AvgIpc) is 2.48. The molecule has 2 rings (SSSR count). The molecule has 0 aliphatic carbocycles. The van der Waals surface area contributed by atoms with Crippen molar-refractivity contribution in [1.29, 1.82) is 0 Å². The fourth-order valence-corrected chi connectivity index (χ4v) is 2.69. The zero-order chi connectivity index (χ0) is 17.0. The van der Waals surface area contributed by atoms with Crippen molar-refractivity contribution in [3.05, 3.63) is 28.3 Å². The van der Waals surface area contributed by atoms with Crippen LogP contribution in [-0.2, 0) is 16.0 Å². The third-order valence-electron chi connectivity index (χ3n) is 3.51. The highest BCUT2D eigenvalue weighted by atomic mass is 35.5. The lowest BCUT2D eigenvalue weighted by Crippen LogP contribution is -2.53. The highest BCUT2D eigenvalue weighted by Crippen LogP contribution is 2.35. The third kappa shape index (κ3) is 3.97. The summed E-state index contributed by atoms with van der Waals surface area (Å²) in [7, 11) is -1.25. The van der Waals surface area contributed by atoms with E-state index in [4.69, 9.17) is 21.0 Å². The largest absolute Gasteiger partial charge is 0.547 e. The zero-order valence-electron chi connectivity index (χ0n) is 13.1. The Hall–Kier alpha value is -1.73. The van der Waals surface area contributed by atoms with Gasteiger partial charge < -0.3 is 19.7 Å². The molecule has 0 fully saturated rings. The number of ether oxygens (including phenoxy) is 1. The Morgan fingerprint density at radius 1 is 1.48 bits per heavy atom. The van der Waals surface area contributed by atoms with Crippen molar-refractivity contribution in [3.8, 4) is 5.75 Å². The van der Waals surface area contributed by atoms with Gasteiger partial charge in [0.15, 0.2) is 0 Å². The summed E-state index contributed by atoms with van der Waals surface area (Å²) in [5, 5.41) is 13.1. The Balaban J connectivity index is 2.26. The van der Waals surface area contributed by atoms with E-state index in [1.807, 2.05) is 6.92 Å². The molecule has 1 aliphatic heterocycles. The summed E-state index contributed by atoms with van der Waals surface area (Å²) >= 11 is 6.07. The summed E-state index contributed by atoms with van der Waals surface area (Å²) in [6.45, 7) is 3.80. The van der Waals surface area contributed by atoms with Crippen molar-refractivity contribution >= 4 is 30.6 Å². The fourth-order valence-electron chi connectivity index (χ4n) is 2.46. The van der Waals surface area contributed by atoms with Crippen LogP contribution in [0.2, 0.25) is 5.02 Å². The highest BCUT2D eigenvalue weighted by Gasteiger charge is 2.38. The van der Waals surface area contributed by atoms with E-state index in [1.54, 1.807) is 19.1 Å². The lowest BCUT2D eigenvalue weighted by molar-refractivity contribution is -0.121. The van der Waals surface area contributed by atoms with Crippen LogP contribution in [0.25, 0.3) is 0 Å². The van der Waals surface area contributed by atoms with Crippen LogP contribution in [0.5, 0.6) is 5.75 Å². The number of nitrogens with one attached hydrogen (secondary N) is 1. The van der Waals surface area contributed by atoms with E-state index in [0.29, 0.717) is 24.8 Å². The first kappa shape index (κ1) is 17.6. The molecule has 0 saturated heterocycles. The standard InChI is InChI=1S/C15H19BClNO5/c1-3-5-12(19)18-11-8-9-6-7-10(17)13(15(20)22-4-2)14(9)23-16(11)21/h6-7,11,21H,3-5,8H2,1-2H3,(H,18,19)/t11-/m0/s1. The molecule has 1 aromatic carbocycles. The SMILES string of the molecule is CCCC(=O)N[C@H]1Cc2ccc(Cl)c(C(=O)OCC)c2OB1O. The molecule has 0 saturated carbocycles. The van der Waals surface area contributed by atoms with Gasteiger partial charge in [-0.1, -0.05) is 24.6 Å². The molecular weight excluding hydrogens is 320 g/mol. The van der Waals surface area contributed by atoms with Gasteiger partial charge in [-0.05, 0) is 31.4 Å². The molecule has 23 heavy (non-hydrogen) atoms. The molecular formula is C15H19BClNO5. The summed E-state index contributed by atoms with van der Waals surface area (Å²) in [6, 6.07) is 3.30. The molecule has 0 radical (unpaired) electrons. The van der Waals surface area contributed by atoms with Crippen LogP contribution in [0, 0.1) is 0 Å². The molecule has 8 heteroatoms. The maximum Gasteiger partial charge on any atom is 0.547 e. The molecule has 2 N–H and O–H groups in total. The number of halogens is 1. The van der Waals surface area contributed by atoms with E-state index in [-0.39, 0.29) is 28.8 Å². The van der Waals surface area contributed by atoms with Crippen molar-refractivity contribution in [2.75, 3.05) is 6.61 Å². The van der Waals surface area contributed by atoms with Gasteiger partial charge >= 0.3 is 13.1 Å². The number of carbonyl (C=O) groups is 2. The molecule has 1 aromatic rings. The summed E-state index contributed by atoms with van der Waals surface area (Å²) < 4.78 is 10.4. The van der Waals surface area contributed by atoms with Gasteiger partial charge in [0.1, 0.15) is 11.3 Å². The number of fused-ring (bicyclic) bond motifs is 1. The van der Waals surface area contributed by atoms with Gasteiger partial charge in [0.05, 0.1) is 17.6 Å². The van der Waals surface area contributed by atoms with Gasteiger partial charge in [0.25, 0.3) is 0 Å². The molecule has 6 nitrogen and oxygen atoms in total. The van der Waals surface area contributed by atoms with Gasteiger partial charge in [-0.2, -0.15) is 0 Å². The molecule has 0 bridgehead atoms. The molecule has 124 valence electrons. The molecule has 0 spiro atoms. The Bertz CT molecular complexity index is 610. The zero-order valence-corrected chi connectivity index (χ0v) is 13.9. The van der Waals surface area contributed by atoms with E-state index in [1.165, 1.54) is 0 Å². The number of rotatable bonds is 5. The number of benzene rings is 1. The molecule has 1 aliphatic rings. The highest BCUT2D eigenvalue weighted by molar-refractivity contribution is 6.47. The lowest BCUT2D eigenvalue weighted by Gasteiger charge is -2.29. The Morgan fingerprint density at radius 2 is 2.22 bits per heavy atom. The van der Waals surface area contributed by atoms with Crippen molar-refractivity contribution in [2.24, 2.45) is 0 Å². The molecule has 1 atom stereocenters. The maximum atomic E-state index is 12.1. The summed E-state index contributed by atoms with van der Waals surface area (Å²) in [4.78, 5) is 23.8. The van der Waals surface area contributed by atoms with E-state index >= 15 is 0 Å². The Morgan fingerprint density at radius 3 is 2.87 bits per heavy atom. The van der Waals surface area contributed by atoms with Crippen LogP contribution in [0.15, 0.2) is 12.1 Å². The predicted molar refractivity (Wildman–Crippen MR) is 86.6 cm³/mol. The van der Waals surface area contributed by atoms with E-state index in [2.05, 4.69) is 5.32 Å². The van der Waals surface area contributed by atoms with E-state index in [0.717, 1.165) is 0 Å². The van der Waals surface area contributed by atoms with Crippen molar-refractivity contribution in [1.82, 2.24) is 5.32 Å². The first-order valence-corrected chi connectivity index (χ1v) is 7.98. The number of esters is 1.